The Hall–Kier alpha value is -2.86. The van der Waals surface area contributed by atoms with Crippen molar-refractivity contribution in [3.63, 3.8) is 0 Å². The van der Waals surface area contributed by atoms with Crippen LogP contribution >= 0.6 is 0 Å². The fourth-order valence-electron chi connectivity index (χ4n) is 3.90. The number of ether oxygens (including phenoxy) is 1. The Kier molecular flexibility index (Phi) is 5.30. The number of nitrogens with one attached hydrogen (secondary N) is 1. The van der Waals surface area contributed by atoms with Gasteiger partial charge in [0.1, 0.15) is 17.1 Å². The fourth-order valence-corrected chi connectivity index (χ4v) is 3.90. The minimum absolute atomic E-state index is 0.0236. The monoisotopic (exact) mass is 381 g/mol. The number of aromatic nitrogens is 1. The van der Waals surface area contributed by atoms with Crippen LogP contribution in [0.15, 0.2) is 48.7 Å². The molecule has 146 valence electrons. The predicted octanol–water partition coefficient (Wildman–Crippen LogP) is 3.66. The highest BCUT2D eigenvalue weighted by atomic mass is 19.1. The van der Waals surface area contributed by atoms with Gasteiger partial charge in [-0.25, -0.2) is 4.39 Å². The number of nitrogens with zero attached hydrogens (tertiary/aromatic N) is 2. The molecule has 1 N–H and O–H groups in total. The number of benzene rings is 2. The molecule has 0 unspecified atom stereocenters. The van der Waals surface area contributed by atoms with E-state index in [1.165, 1.54) is 24.1 Å². The number of rotatable bonds is 4. The smallest absolute Gasteiger partial charge is 0.260 e. The summed E-state index contributed by atoms with van der Waals surface area (Å²) >= 11 is 0. The van der Waals surface area contributed by atoms with Gasteiger partial charge < -0.3 is 14.6 Å². The predicted molar refractivity (Wildman–Crippen MR) is 107 cm³/mol. The number of amides is 1. The molecule has 4 rings (SSSR count). The summed E-state index contributed by atoms with van der Waals surface area (Å²) in [4.78, 5) is 20.3. The van der Waals surface area contributed by atoms with Crippen molar-refractivity contribution in [3.05, 3.63) is 65.6 Å². The highest BCUT2D eigenvalue weighted by Crippen LogP contribution is 2.24. The minimum atomic E-state index is -0.537. The lowest BCUT2D eigenvalue weighted by atomic mass is 10.1. The summed E-state index contributed by atoms with van der Waals surface area (Å²) in [5.74, 6) is -0.556. The molecular weight excluding hydrogens is 357 g/mol. The molecule has 2 heterocycles. The minimum Gasteiger partial charge on any atom is -0.496 e. The van der Waals surface area contributed by atoms with Gasteiger partial charge in [0.25, 0.3) is 5.91 Å². The molecule has 2 aromatic carbocycles. The van der Waals surface area contributed by atoms with E-state index in [1.807, 2.05) is 6.20 Å². The molecule has 0 atom stereocenters. The van der Waals surface area contributed by atoms with Gasteiger partial charge in [-0.2, -0.15) is 0 Å². The Morgan fingerprint density at radius 2 is 1.96 bits per heavy atom. The lowest BCUT2D eigenvalue weighted by Crippen LogP contribution is -2.35. The van der Waals surface area contributed by atoms with Crippen LogP contribution in [0.25, 0.3) is 10.9 Å². The zero-order chi connectivity index (χ0) is 19.5. The Balaban J connectivity index is 1.47. The van der Waals surface area contributed by atoms with E-state index in [0.29, 0.717) is 13.1 Å². The van der Waals surface area contributed by atoms with Crippen LogP contribution in [-0.2, 0) is 6.54 Å². The topological polar surface area (TPSA) is 48.6 Å². The number of hydrogen-bond donors (Lipinski definition) is 1. The molecule has 1 aliphatic rings. The maximum atomic E-state index is 14.3. The quantitative estimate of drug-likeness (QED) is 0.750. The summed E-state index contributed by atoms with van der Waals surface area (Å²) in [6.45, 7) is 3.67. The van der Waals surface area contributed by atoms with Gasteiger partial charge in [0.15, 0.2) is 0 Å². The van der Waals surface area contributed by atoms with Gasteiger partial charge in [-0.3, -0.25) is 9.69 Å². The second-order valence-electron chi connectivity index (χ2n) is 7.10. The lowest BCUT2D eigenvalue weighted by Gasteiger charge is -2.23. The number of aromatic amines is 1. The zero-order valence-electron chi connectivity index (χ0n) is 16.0. The highest BCUT2D eigenvalue weighted by Gasteiger charge is 2.25. The second-order valence-corrected chi connectivity index (χ2v) is 7.10. The molecule has 1 fully saturated rings. The van der Waals surface area contributed by atoms with E-state index in [2.05, 4.69) is 34.1 Å². The first-order valence-corrected chi connectivity index (χ1v) is 9.56. The van der Waals surface area contributed by atoms with Crippen LogP contribution in [0.5, 0.6) is 5.75 Å². The van der Waals surface area contributed by atoms with E-state index < -0.39 is 5.82 Å². The van der Waals surface area contributed by atoms with Crippen molar-refractivity contribution in [1.29, 1.82) is 0 Å². The number of fused-ring (bicyclic) bond motifs is 1. The summed E-state index contributed by atoms with van der Waals surface area (Å²) < 4.78 is 19.5. The van der Waals surface area contributed by atoms with Gasteiger partial charge in [0, 0.05) is 49.8 Å². The molecule has 0 radical (unpaired) electrons. The summed E-state index contributed by atoms with van der Waals surface area (Å²) in [7, 11) is 1.46. The van der Waals surface area contributed by atoms with E-state index in [4.69, 9.17) is 4.74 Å². The van der Waals surface area contributed by atoms with Gasteiger partial charge >= 0.3 is 0 Å². The first kappa shape index (κ1) is 18.5. The van der Waals surface area contributed by atoms with Crippen molar-refractivity contribution in [2.24, 2.45) is 0 Å². The maximum Gasteiger partial charge on any atom is 0.260 e. The molecule has 0 spiro atoms. The summed E-state index contributed by atoms with van der Waals surface area (Å²) in [6.07, 6.45) is 2.81. The van der Waals surface area contributed by atoms with Gasteiger partial charge in [-0.15, -0.1) is 0 Å². The number of H-pyrrole nitrogens is 1. The van der Waals surface area contributed by atoms with Crippen LogP contribution in [0.4, 0.5) is 4.39 Å². The number of carbonyl (C=O) groups is 1. The Labute approximate surface area is 163 Å². The molecule has 3 aromatic rings. The van der Waals surface area contributed by atoms with Gasteiger partial charge in [0.2, 0.25) is 0 Å². The average Bonchev–Trinajstić information content (AvgIpc) is 3.07. The molecule has 0 bridgehead atoms. The molecule has 0 saturated carbocycles. The van der Waals surface area contributed by atoms with Crippen molar-refractivity contribution in [2.45, 2.75) is 13.0 Å². The number of hydrogen-bond acceptors (Lipinski definition) is 3. The van der Waals surface area contributed by atoms with Crippen molar-refractivity contribution >= 4 is 16.8 Å². The van der Waals surface area contributed by atoms with Gasteiger partial charge in [-0.05, 0) is 36.2 Å². The van der Waals surface area contributed by atoms with Crippen LogP contribution < -0.4 is 4.74 Å². The molecule has 1 saturated heterocycles. The maximum absolute atomic E-state index is 14.3. The normalized spacial score (nSPS) is 15.6. The summed E-state index contributed by atoms with van der Waals surface area (Å²) in [6, 6.07) is 12.9. The van der Waals surface area contributed by atoms with Crippen molar-refractivity contribution in [2.75, 3.05) is 33.3 Å². The Bertz CT molecular complexity index is 985. The molecule has 6 heteroatoms. The third-order valence-electron chi connectivity index (χ3n) is 5.36. The third kappa shape index (κ3) is 3.60. The molecule has 1 amide bonds. The number of halogens is 1. The van der Waals surface area contributed by atoms with E-state index in [9.17, 15) is 9.18 Å². The van der Waals surface area contributed by atoms with E-state index in [-0.39, 0.29) is 17.2 Å². The Morgan fingerprint density at radius 3 is 2.82 bits per heavy atom. The molecule has 1 aliphatic heterocycles. The van der Waals surface area contributed by atoms with Crippen LogP contribution in [0.2, 0.25) is 0 Å². The largest absolute Gasteiger partial charge is 0.496 e. The molecule has 0 aliphatic carbocycles. The second kappa shape index (κ2) is 8.02. The fraction of sp³-hybridized carbons (Fsp3) is 0.318. The van der Waals surface area contributed by atoms with Crippen molar-refractivity contribution in [1.82, 2.24) is 14.8 Å². The van der Waals surface area contributed by atoms with E-state index in [1.54, 1.807) is 17.0 Å². The van der Waals surface area contributed by atoms with Gasteiger partial charge in [-0.1, -0.05) is 18.2 Å². The Morgan fingerprint density at radius 1 is 1.11 bits per heavy atom. The third-order valence-corrected chi connectivity index (χ3v) is 5.36. The summed E-state index contributed by atoms with van der Waals surface area (Å²) in [5.41, 5.74) is 2.43. The first-order chi connectivity index (χ1) is 13.7. The van der Waals surface area contributed by atoms with Crippen molar-refractivity contribution in [3.8, 4) is 5.75 Å². The van der Waals surface area contributed by atoms with Crippen LogP contribution in [0.3, 0.4) is 0 Å². The molecule has 5 nitrogen and oxygen atoms in total. The van der Waals surface area contributed by atoms with Crippen LogP contribution in [-0.4, -0.2) is 54.0 Å². The van der Waals surface area contributed by atoms with Crippen LogP contribution in [0.1, 0.15) is 22.3 Å². The number of methoxy groups -OCH3 is 1. The van der Waals surface area contributed by atoms with E-state index >= 15 is 0 Å². The van der Waals surface area contributed by atoms with E-state index in [0.717, 1.165) is 31.6 Å². The molecule has 28 heavy (non-hydrogen) atoms. The van der Waals surface area contributed by atoms with Gasteiger partial charge in [0.05, 0.1) is 7.11 Å². The van der Waals surface area contributed by atoms with Crippen molar-refractivity contribution < 1.29 is 13.9 Å². The summed E-state index contributed by atoms with van der Waals surface area (Å²) in [5, 5.41) is 1.23. The average molecular weight is 381 g/mol. The molecular formula is C22H24FN3O2. The zero-order valence-corrected chi connectivity index (χ0v) is 16.0. The molecule has 1 aromatic heterocycles. The number of carbonyl (C=O) groups excluding carboxylic acids is 1. The first-order valence-electron chi connectivity index (χ1n) is 9.56. The van der Waals surface area contributed by atoms with Crippen LogP contribution in [0, 0.1) is 5.82 Å². The highest BCUT2D eigenvalue weighted by molar-refractivity contribution is 5.97. The SMILES string of the molecule is COc1cccc(F)c1C(=O)N1CCCN(Cc2cccc3[nH]ccc23)CC1. The lowest BCUT2D eigenvalue weighted by molar-refractivity contribution is 0.0752. The standard InChI is InChI=1S/C22H24FN3O2/c1-28-20-8-3-6-18(23)21(20)22(27)26-12-4-11-25(13-14-26)15-16-5-2-7-19-17(16)9-10-24-19/h2-3,5-10,24H,4,11-15H2,1H3.